The molecule has 4 rings (SSSR count). The van der Waals surface area contributed by atoms with E-state index in [-0.39, 0.29) is 12.4 Å². The zero-order valence-corrected chi connectivity index (χ0v) is 18.3. The topological polar surface area (TPSA) is 64.4 Å². The molecule has 1 amide bonds. The van der Waals surface area contributed by atoms with Crippen LogP contribution in [0.25, 0.3) is 0 Å². The molecule has 0 atom stereocenters. The van der Waals surface area contributed by atoms with E-state index in [0.29, 0.717) is 47.7 Å². The maximum atomic E-state index is 12.6. The Morgan fingerprint density at radius 1 is 1.03 bits per heavy atom. The number of rotatable bonds is 5. The summed E-state index contributed by atoms with van der Waals surface area (Å²) in [5.74, 6) is 0.597. The van der Waals surface area contributed by atoms with E-state index in [1.54, 1.807) is 23.1 Å². The Kier molecular flexibility index (Phi) is 6.64. The summed E-state index contributed by atoms with van der Waals surface area (Å²) < 4.78 is 7.32. The van der Waals surface area contributed by atoms with Crippen LogP contribution in [-0.2, 0) is 24.4 Å². The van der Waals surface area contributed by atoms with Crippen molar-refractivity contribution >= 4 is 35.1 Å². The van der Waals surface area contributed by atoms with Crippen molar-refractivity contribution in [1.29, 1.82) is 0 Å². The number of halogens is 2. The first kappa shape index (κ1) is 21.2. The zero-order valence-electron chi connectivity index (χ0n) is 16.8. The van der Waals surface area contributed by atoms with Crippen molar-refractivity contribution in [3.8, 4) is 0 Å². The molecule has 0 spiro atoms. The van der Waals surface area contributed by atoms with Gasteiger partial charge in [-0.15, -0.1) is 0 Å². The Balaban J connectivity index is 1.38. The third-order valence-corrected chi connectivity index (χ3v) is 6.23. The van der Waals surface area contributed by atoms with Gasteiger partial charge in [0, 0.05) is 29.6 Å². The van der Waals surface area contributed by atoms with E-state index >= 15 is 0 Å². The van der Waals surface area contributed by atoms with Crippen molar-refractivity contribution in [2.24, 2.45) is 5.92 Å². The van der Waals surface area contributed by atoms with Crippen molar-refractivity contribution in [1.82, 2.24) is 14.7 Å². The second kappa shape index (κ2) is 9.40. The van der Waals surface area contributed by atoms with E-state index in [4.69, 9.17) is 27.9 Å². The van der Waals surface area contributed by atoms with Gasteiger partial charge in [-0.1, -0.05) is 48.9 Å². The van der Waals surface area contributed by atoms with Crippen LogP contribution < -0.4 is 0 Å². The summed E-state index contributed by atoms with van der Waals surface area (Å²) in [6.07, 6.45) is 5.63. The molecule has 0 unspecified atom stereocenters. The second-order valence-corrected chi connectivity index (χ2v) is 9.00. The Morgan fingerprint density at radius 3 is 2.50 bits per heavy atom. The van der Waals surface area contributed by atoms with Gasteiger partial charge in [0.2, 0.25) is 0 Å². The first-order chi connectivity index (χ1) is 14.5. The van der Waals surface area contributed by atoms with Crippen LogP contribution in [0, 0.1) is 5.92 Å². The van der Waals surface area contributed by atoms with Crippen molar-refractivity contribution < 1.29 is 14.3 Å². The third-order valence-electron chi connectivity index (χ3n) is 5.79. The summed E-state index contributed by atoms with van der Waals surface area (Å²) in [5.41, 5.74) is 2.12. The lowest BCUT2D eigenvalue weighted by molar-refractivity contribution is 0.0942. The Labute approximate surface area is 186 Å². The van der Waals surface area contributed by atoms with Gasteiger partial charge in [-0.2, -0.15) is 5.10 Å². The molecule has 2 aliphatic rings. The molecule has 2 aromatic rings. The van der Waals surface area contributed by atoms with E-state index in [2.05, 4.69) is 5.10 Å². The van der Waals surface area contributed by atoms with E-state index in [1.165, 1.54) is 12.8 Å². The van der Waals surface area contributed by atoms with E-state index in [1.807, 2.05) is 10.7 Å². The molecule has 1 aliphatic heterocycles. The maximum absolute atomic E-state index is 12.6. The predicted octanol–water partition coefficient (Wildman–Crippen LogP) is 5.50. The molecule has 0 N–H and O–H groups in total. The lowest BCUT2D eigenvalue weighted by Crippen LogP contribution is -2.31. The monoisotopic (exact) mass is 449 g/mol. The SMILES string of the molecule is O=C(CC1CCCC1)c1cc2n(n1)CCCN(C(=O)OCc1cc(Cl)cc(Cl)c1)C2. The molecule has 8 heteroatoms. The number of carbonyl (C=O) groups is 2. The molecule has 0 radical (unpaired) electrons. The number of amides is 1. The van der Waals surface area contributed by atoms with Gasteiger partial charge < -0.3 is 9.64 Å². The highest BCUT2D eigenvalue weighted by Gasteiger charge is 2.25. The van der Waals surface area contributed by atoms with Gasteiger partial charge in [0.25, 0.3) is 0 Å². The van der Waals surface area contributed by atoms with Gasteiger partial charge in [0.1, 0.15) is 12.3 Å². The molecule has 2 heterocycles. The molecule has 1 aromatic carbocycles. The summed E-state index contributed by atoms with van der Waals surface area (Å²) in [4.78, 5) is 26.9. The highest BCUT2D eigenvalue weighted by molar-refractivity contribution is 6.34. The number of Topliss-reactive ketones (excluding diaryl/α,β-unsaturated/α-hetero) is 1. The fourth-order valence-electron chi connectivity index (χ4n) is 4.27. The van der Waals surface area contributed by atoms with Crippen LogP contribution in [-0.4, -0.2) is 33.1 Å². The molecule has 30 heavy (non-hydrogen) atoms. The first-order valence-electron chi connectivity index (χ1n) is 10.4. The number of carbonyl (C=O) groups excluding carboxylic acids is 2. The molecular weight excluding hydrogens is 425 g/mol. The van der Waals surface area contributed by atoms with Crippen LogP contribution in [0.5, 0.6) is 0 Å². The number of ketones is 1. The van der Waals surface area contributed by atoms with E-state index in [0.717, 1.165) is 30.5 Å². The fraction of sp³-hybridized carbons (Fsp3) is 0.500. The van der Waals surface area contributed by atoms with Gasteiger partial charge in [-0.05, 0) is 42.2 Å². The highest BCUT2D eigenvalue weighted by Crippen LogP contribution is 2.29. The third kappa shape index (κ3) is 5.16. The number of fused-ring (bicyclic) bond motifs is 1. The van der Waals surface area contributed by atoms with Gasteiger partial charge >= 0.3 is 6.09 Å². The Morgan fingerprint density at radius 2 is 1.77 bits per heavy atom. The molecule has 6 nitrogen and oxygen atoms in total. The smallest absolute Gasteiger partial charge is 0.410 e. The number of ether oxygens (including phenoxy) is 1. The van der Waals surface area contributed by atoms with Crippen molar-refractivity contribution in [2.75, 3.05) is 6.54 Å². The number of aryl methyl sites for hydroxylation is 1. The van der Waals surface area contributed by atoms with E-state index < -0.39 is 6.09 Å². The molecule has 160 valence electrons. The van der Waals surface area contributed by atoms with Crippen LogP contribution in [0.4, 0.5) is 4.79 Å². The minimum Gasteiger partial charge on any atom is -0.445 e. The largest absolute Gasteiger partial charge is 0.445 e. The number of hydrogen-bond donors (Lipinski definition) is 0. The number of nitrogens with zero attached hydrogens (tertiary/aromatic N) is 3. The predicted molar refractivity (Wildman–Crippen MR) is 115 cm³/mol. The van der Waals surface area contributed by atoms with Crippen LogP contribution in [0.1, 0.15) is 60.3 Å². The summed E-state index contributed by atoms with van der Waals surface area (Å²) in [5, 5.41) is 5.52. The minimum absolute atomic E-state index is 0.0972. The molecule has 0 bridgehead atoms. The van der Waals surface area contributed by atoms with Crippen molar-refractivity contribution in [3.05, 3.63) is 51.3 Å². The van der Waals surface area contributed by atoms with Gasteiger partial charge in [0.05, 0.1) is 12.2 Å². The summed E-state index contributed by atoms with van der Waals surface area (Å²) in [7, 11) is 0. The number of aromatic nitrogens is 2. The quantitative estimate of drug-likeness (QED) is 0.565. The van der Waals surface area contributed by atoms with Crippen LogP contribution in [0.3, 0.4) is 0 Å². The normalized spacial score (nSPS) is 16.9. The highest BCUT2D eigenvalue weighted by atomic mass is 35.5. The summed E-state index contributed by atoms with van der Waals surface area (Å²) in [6, 6.07) is 6.91. The molecular formula is C22H25Cl2N3O3. The number of hydrogen-bond acceptors (Lipinski definition) is 4. The average molecular weight is 450 g/mol. The van der Waals surface area contributed by atoms with Crippen molar-refractivity contribution in [2.45, 2.75) is 58.2 Å². The molecule has 1 aliphatic carbocycles. The van der Waals surface area contributed by atoms with Crippen LogP contribution >= 0.6 is 23.2 Å². The van der Waals surface area contributed by atoms with Crippen LogP contribution in [0.15, 0.2) is 24.3 Å². The second-order valence-electron chi connectivity index (χ2n) is 8.13. The first-order valence-corrected chi connectivity index (χ1v) is 11.2. The van der Waals surface area contributed by atoms with Gasteiger partial charge in [-0.25, -0.2) is 4.79 Å². The summed E-state index contributed by atoms with van der Waals surface area (Å²) in [6.45, 7) is 1.72. The Hall–Kier alpha value is -2.05. The average Bonchev–Trinajstić information content (AvgIpc) is 3.31. The fourth-order valence-corrected chi connectivity index (χ4v) is 4.84. The lowest BCUT2D eigenvalue weighted by atomic mass is 9.99. The van der Waals surface area contributed by atoms with Crippen molar-refractivity contribution in [3.63, 3.8) is 0 Å². The van der Waals surface area contributed by atoms with Crippen LogP contribution in [0.2, 0.25) is 10.0 Å². The zero-order chi connectivity index (χ0) is 21.1. The van der Waals surface area contributed by atoms with E-state index in [9.17, 15) is 9.59 Å². The molecule has 1 aromatic heterocycles. The minimum atomic E-state index is -0.403. The number of benzene rings is 1. The molecule has 1 fully saturated rings. The molecule has 0 saturated heterocycles. The Bertz CT molecular complexity index is 917. The summed E-state index contributed by atoms with van der Waals surface area (Å²) >= 11 is 12.0. The van der Waals surface area contributed by atoms with Gasteiger partial charge in [0.15, 0.2) is 5.78 Å². The molecule has 1 saturated carbocycles. The maximum Gasteiger partial charge on any atom is 0.410 e. The lowest BCUT2D eigenvalue weighted by Gasteiger charge is -2.19. The van der Waals surface area contributed by atoms with Gasteiger partial charge in [-0.3, -0.25) is 9.48 Å². The standard InChI is InChI=1S/C22H25Cl2N3O3/c23-17-8-16(9-18(24)11-17)14-30-22(29)26-6-3-7-27-19(13-26)12-20(25-27)21(28)10-15-4-1-2-5-15/h8-9,11-12,15H,1-7,10,13-14H2.